The zero-order chi connectivity index (χ0) is 54.2. The minimum Gasteiger partial charge on any atom is -0.480 e. The van der Waals surface area contributed by atoms with Crippen LogP contribution >= 0.6 is 0 Å². The molecule has 7 N–H and O–H groups in total. The summed E-state index contributed by atoms with van der Waals surface area (Å²) in [6.45, 7) is 7.95. The number of imide groups is 1. The monoisotopic (exact) mass is 1020 g/mol. The number of carboxylic acid groups (broad SMARTS) is 1. The quantitative estimate of drug-likeness (QED) is 0.0570. The molecule has 2 aromatic carbocycles. The van der Waals surface area contributed by atoms with Crippen molar-refractivity contribution in [1.82, 2.24) is 41.1 Å². The zero-order valence-electron chi connectivity index (χ0n) is 41.6. The second kappa shape index (κ2) is 26.8. The van der Waals surface area contributed by atoms with Crippen LogP contribution in [0, 0.1) is 23.0 Å². The van der Waals surface area contributed by atoms with Gasteiger partial charge in [-0.05, 0) is 60.9 Å². The van der Waals surface area contributed by atoms with E-state index in [2.05, 4.69) is 26.6 Å². The molecule has 0 spiro atoms. The molecule has 3 aromatic rings. The van der Waals surface area contributed by atoms with Gasteiger partial charge in [0.05, 0.1) is 6.04 Å². The van der Waals surface area contributed by atoms with Crippen molar-refractivity contribution in [3.63, 3.8) is 0 Å². The molecular formula is C50H64F2N8O13. The molecule has 0 saturated carbocycles. The number of rotatable bonds is 26. The van der Waals surface area contributed by atoms with Crippen molar-refractivity contribution in [2.45, 2.75) is 117 Å². The lowest BCUT2D eigenvalue weighted by Gasteiger charge is -2.41. The van der Waals surface area contributed by atoms with Crippen LogP contribution in [0.2, 0.25) is 0 Å². The molecule has 0 aliphatic carbocycles. The van der Waals surface area contributed by atoms with E-state index in [1.165, 1.54) is 11.8 Å². The number of nitrogens with zero attached hydrogens (tertiary/aromatic N) is 3. The highest BCUT2D eigenvalue weighted by Gasteiger charge is 2.39. The molecule has 2 heterocycles. The molecule has 1 aromatic heterocycles. The van der Waals surface area contributed by atoms with Crippen molar-refractivity contribution in [1.29, 1.82) is 0 Å². The Morgan fingerprint density at radius 2 is 1.48 bits per heavy atom. The SMILES string of the molecule is CC(C)C(NC(=O)CCCC(=O)ON1C(=O)CCC1=O)C(=O)N[C@@H](C)C(=O)N[C@@H](CCN(C(=O)CO)[C@@H](c1cc(-c2cc(F)ccc2F)cn1Cc1ccccc1)C(C)(C)C)C(=O)NCCC(=O)NCC(=O)O. The molecule has 1 aliphatic heterocycles. The number of hydrogen-bond acceptors (Lipinski definition) is 12. The third-order valence-electron chi connectivity index (χ3n) is 11.6. The Morgan fingerprint density at radius 3 is 2.10 bits per heavy atom. The van der Waals surface area contributed by atoms with Crippen LogP contribution in [0.1, 0.15) is 104 Å². The second-order valence-electron chi connectivity index (χ2n) is 18.9. The van der Waals surface area contributed by atoms with E-state index in [4.69, 9.17) is 9.94 Å². The number of carbonyl (C=O) groups excluding carboxylic acids is 9. The summed E-state index contributed by atoms with van der Waals surface area (Å²) in [5.41, 5.74) is 0.657. The first-order valence-electron chi connectivity index (χ1n) is 23.7. The Balaban J connectivity index is 1.57. The van der Waals surface area contributed by atoms with Crippen LogP contribution in [-0.2, 0) is 59.3 Å². The number of nitrogens with one attached hydrogen (secondary N) is 5. The van der Waals surface area contributed by atoms with Crippen LogP contribution in [0.25, 0.3) is 11.1 Å². The number of carboxylic acids is 1. The molecule has 4 atom stereocenters. The van der Waals surface area contributed by atoms with Gasteiger partial charge in [-0.1, -0.05) is 65.0 Å². The van der Waals surface area contributed by atoms with E-state index in [0.717, 1.165) is 23.8 Å². The van der Waals surface area contributed by atoms with Gasteiger partial charge in [-0.2, -0.15) is 0 Å². The van der Waals surface area contributed by atoms with Gasteiger partial charge >= 0.3 is 11.9 Å². The largest absolute Gasteiger partial charge is 0.480 e. The molecule has 1 aliphatic rings. The maximum Gasteiger partial charge on any atom is 0.333 e. The normalized spacial score (nSPS) is 14.1. The standard InChI is InChI=1S/C50H64F2N8O13/c1-29(2)45(57-39(63)13-10-14-44(69)73-60-40(64)17-18-41(60)65)49(72)55-30(3)47(70)56-36(48(71)53-21-19-38(62)54-25-43(67)68)20-22-59(42(66)28-61)46(50(4,5)6)37-23-32(34-24-33(51)15-16-35(34)52)27-58(37)26-31-11-8-7-9-12-31/h7-9,11-12,15-16,23-24,27,29-30,36,45-46,61H,10,13-14,17-22,25-26,28H2,1-6H3,(H,53,71)(H,54,62)(H,55,72)(H,56,70)(H,57,63)(H,67,68)/t30-,36-,45?,46-/m0/s1. The first kappa shape index (κ1) is 58.0. The number of hydroxylamine groups is 2. The Bertz CT molecular complexity index is 2500. The molecule has 396 valence electrons. The molecule has 4 rings (SSSR count). The van der Waals surface area contributed by atoms with E-state index in [1.807, 2.05) is 51.1 Å². The minimum absolute atomic E-state index is 0.0482. The van der Waals surface area contributed by atoms with Gasteiger partial charge in [-0.3, -0.25) is 43.2 Å². The van der Waals surface area contributed by atoms with Crippen molar-refractivity contribution < 1.29 is 71.8 Å². The average molecular weight is 1020 g/mol. The summed E-state index contributed by atoms with van der Waals surface area (Å²) in [5.74, 6) is -10.1. The molecule has 1 saturated heterocycles. The highest BCUT2D eigenvalue weighted by Crippen LogP contribution is 2.41. The minimum atomic E-state index is -1.48. The van der Waals surface area contributed by atoms with Crippen LogP contribution in [0.5, 0.6) is 0 Å². The first-order chi connectivity index (χ1) is 34.4. The van der Waals surface area contributed by atoms with Gasteiger partial charge in [0, 0.05) is 74.8 Å². The molecule has 73 heavy (non-hydrogen) atoms. The lowest BCUT2D eigenvalue weighted by atomic mass is 9.82. The van der Waals surface area contributed by atoms with Crippen LogP contribution in [0.15, 0.2) is 60.8 Å². The van der Waals surface area contributed by atoms with Crippen molar-refractivity contribution in [2.24, 2.45) is 11.3 Å². The number of aromatic nitrogens is 1. The fourth-order valence-corrected chi connectivity index (χ4v) is 7.97. The summed E-state index contributed by atoms with van der Waals surface area (Å²) in [5, 5.41) is 32.1. The fourth-order valence-electron chi connectivity index (χ4n) is 7.97. The van der Waals surface area contributed by atoms with E-state index < -0.39 is 119 Å². The number of amides is 8. The van der Waals surface area contributed by atoms with E-state index >= 15 is 4.39 Å². The van der Waals surface area contributed by atoms with Crippen molar-refractivity contribution in [2.75, 3.05) is 26.2 Å². The summed E-state index contributed by atoms with van der Waals surface area (Å²) < 4.78 is 31.6. The van der Waals surface area contributed by atoms with Crippen LogP contribution < -0.4 is 26.6 Å². The van der Waals surface area contributed by atoms with Crippen LogP contribution in [0.4, 0.5) is 8.78 Å². The van der Waals surface area contributed by atoms with E-state index in [1.54, 1.807) is 30.7 Å². The number of halogens is 2. The van der Waals surface area contributed by atoms with Crippen molar-refractivity contribution in [3.8, 4) is 11.1 Å². The summed E-state index contributed by atoms with van der Waals surface area (Å²) in [4.78, 5) is 133. The summed E-state index contributed by atoms with van der Waals surface area (Å²) >= 11 is 0. The van der Waals surface area contributed by atoms with Crippen LogP contribution in [-0.4, -0.2) is 128 Å². The smallest absolute Gasteiger partial charge is 0.333 e. The Kier molecular flexibility index (Phi) is 21.3. The molecule has 1 fully saturated rings. The van der Waals surface area contributed by atoms with E-state index in [9.17, 15) is 57.4 Å². The highest BCUT2D eigenvalue weighted by molar-refractivity contribution is 6.01. The molecule has 1 unspecified atom stereocenters. The summed E-state index contributed by atoms with van der Waals surface area (Å²) in [6, 6.07) is 8.88. The highest BCUT2D eigenvalue weighted by atomic mass is 19.1. The third kappa shape index (κ3) is 17.3. The summed E-state index contributed by atoms with van der Waals surface area (Å²) in [7, 11) is 0. The first-order valence-corrected chi connectivity index (χ1v) is 23.7. The van der Waals surface area contributed by atoms with Gasteiger partial charge in [-0.25, -0.2) is 13.6 Å². The van der Waals surface area contributed by atoms with Gasteiger partial charge in [0.2, 0.25) is 35.4 Å². The van der Waals surface area contributed by atoms with Gasteiger partial charge < -0.3 is 51.1 Å². The molecule has 0 radical (unpaired) electrons. The van der Waals surface area contributed by atoms with E-state index in [-0.39, 0.29) is 75.7 Å². The Hall–Kier alpha value is -7.56. The number of aliphatic hydroxyl groups excluding tert-OH is 1. The Morgan fingerprint density at radius 1 is 0.808 bits per heavy atom. The molecule has 0 bridgehead atoms. The average Bonchev–Trinajstić information content (AvgIpc) is 3.88. The number of hydrogen-bond donors (Lipinski definition) is 7. The topological polar surface area (TPSA) is 292 Å². The Labute approximate surface area is 420 Å². The molecular weight excluding hydrogens is 959 g/mol. The van der Waals surface area contributed by atoms with Gasteiger partial charge in [0.15, 0.2) is 0 Å². The summed E-state index contributed by atoms with van der Waals surface area (Å²) in [6.07, 6.45) is 0.135. The molecule has 8 amide bonds. The van der Waals surface area contributed by atoms with Gasteiger partial charge in [-0.15, -0.1) is 5.06 Å². The van der Waals surface area contributed by atoms with Gasteiger partial charge in [0.25, 0.3) is 11.8 Å². The molecule has 23 heteroatoms. The van der Waals surface area contributed by atoms with Gasteiger partial charge in [0.1, 0.15) is 42.9 Å². The van der Waals surface area contributed by atoms with Crippen molar-refractivity contribution in [3.05, 3.63) is 83.7 Å². The zero-order valence-corrected chi connectivity index (χ0v) is 41.6. The fraction of sp³-hybridized carbons (Fsp3) is 0.480. The predicted molar refractivity (Wildman–Crippen MR) is 257 cm³/mol. The van der Waals surface area contributed by atoms with E-state index in [0.29, 0.717) is 10.8 Å². The number of aliphatic carboxylic acids is 1. The lowest BCUT2D eigenvalue weighted by molar-refractivity contribution is -0.197. The maximum absolute atomic E-state index is 15.3. The molecule has 21 nitrogen and oxygen atoms in total. The van der Waals surface area contributed by atoms with Crippen LogP contribution in [0.3, 0.4) is 0 Å². The second-order valence-corrected chi connectivity index (χ2v) is 18.9. The predicted octanol–water partition coefficient (Wildman–Crippen LogP) is 2.39. The number of carbonyl (C=O) groups is 10. The maximum atomic E-state index is 15.3. The third-order valence-corrected chi connectivity index (χ3v) is 11.6. The number of benzene rings is 2. The number of aliphatic hydroxyl groups is 1. The lowest BCUT2D eigenvalue weighted by Crippen LogP contribution is -2.57. The van der Waals surface area contributed by atoms with Crippen molar-refractivity contribution >= 4 is 59.2 Å².